The molecule has 1 N–H and O–H groups in total. The number of rotatable bonds is 5. The van der Waals surface area contributed by atoms with Crippen LogP contribution >= 0.6 is 0 Å². The summed E-state index contributed by atoms with van der Waals surface area (Å²) < 4.78 is 2.14. The normalized spacial score (nSPS) is 16.0. The van der Waals surface area contributed by atoms with Crippen molar-refractivity contribution in [3.05, 3.63) is 18.0 Å². The fourth-order valence-corrected chi connectivity index (χ4v) is 2.05. The van der Waals surface area contributed by atoms with E-state index in [9.17, 15) is 0 Å². The summed E-state index contributed by atoms with van der Waals surface area (Å²) >= 11 is 0. The van der Waals surface area contributed by atoms with Crippen LogP contribution in [0.3, 0.4) is 0 Å². The molecule has 1 aromatic rings. The molecule has 0 fully saturated rings. The van der Waals surface area contributed by atoms with Crippen LogP contribution in [0.2, 0.25) is 0 Å². The topological polar surface area (TPSA) is 29.9 Å². The van der Waals surface area contributed by atoms with E-state index in [-0.39, 0.29) is 5.54 Å². The van der Waals surface area contributed by atoms with Crippen LogP contribution in [0.5, 0.6) is 0 Å². The van der Waals surface area contributed by atoms with E-state index in [4.69, 9.17) is 0 Å². The highest BCUT2D eigenvalue weighted by atomic mass is 15.3. The second kappa shape index (κ2) is 5.87. The molecular weight excluding hydrogens is 222 g/mol. The summed E-state index contributed by atoms with van der Waals surface area (Å²) in [7, 11) is 0. The van der Waals surface area contributed by atoms with Gasteiger partial charge in [0.2, 0.25) is 0 Å². The average molecular weight is 251 g/mol. The van der Waals surface area contributed by atoms with Gasteiger partial charge in [-0.2, -0.15) is 5.10 Å². The molecule has 2 atom stereocenters. The molecule has 1 rings (SSSR count). The standard InChI is InChI=1S/C15H29N3/c1-11(2)18-14(8-9-17-18)13(4)12(3)10-16-15(5,6)7/h8-9,11-13,16H,10H2,1-7H3. The zero-order valence-corrected chi connectivity index (χ0v) is 13.0. The first-order chi connectivity index (χ1) is 8.22. The molecule has 0 aromatic carbocycles. The van der Waals surface area contributed by atoms with Crippen molar-refractivity contribution in [1.29, 1.82) is 0 Å². The Morgan fingerprint density at radius 2 is 1.83 bits per heavy atom. The van der Waals surface area contributed by atoms with Crippen LogP contribution in [0.25, 0.3) is 0 Å². The summed E-state index contributed by atoms with van der Waals surface area (Å²) in [5, 5.41) is 8.01. The van der Waals surface area contributed by atoms with Crippen molar-refractivity contribution in [2.75, 3.05) is 6.54 Å². The highest BCUT2D eigenvalue weighted by Gasteiger charge is 2.20. The highest BCUT2D eigenvalue weighted by molar-refractivity contribution is 5.09. The summed E-state index contributed by atoms with van der Waals surface area (Å²) in [5.74, 6) is 1.11. The fourth-order valence-electron chi connectivity index (χ4n) is 2.05. The number of hydrogen-bond acceptors (Lipinski definition) is 2. The van der Waals surface area contributed by atoms with E-state index in [2.05, 4.69) is 69.6 Å². The first-order valence-corrected chi connectivity index (χ1v) is 7.01. The summed E-state index contributed by atoms with van der Waals surface area (Å²) in [6.45, 7) is 16.6. The summed E-state index contributed by atoms with van der Waals surface area (Å²) in [6, 6.07) is 2.58. The van der Waals surface area contributed by atoms with Crippen LogP contribution in [0.15, 0.2) is 12.3 Å². The van der Waals surface area contributed by atoms with Crippen molar-refractivity contribution >= 4 is 0 Å². The molecule has 0 amide bonds. The lowest BCUT2D eigenvalue weighted by Crippen LogP contribution is -2.39. The number of nitrogens with one attached hydrogen (secondary N) is 1. The third-order valence-corrected chi connectivity index (χ3v) is 3.46. The van der Waals surface area contributed by atoms with E-state index in [0.29, 0.717) is 17.9 Å². The molecule has 2 unspecified atom stereocenters. The molecule has 0 saturated carbocycles. The fraction of sp³-hybridized carbons (Fsp3) is 0.800. The molecule has 0 aliphatic rings. The first-order valence-electron chi connectivity index (χ1n) is 7.01. The number of hydrogen-bond donors (Lipinski definition) is 1. The van der Waals surface area contributed by atoms with Crippen LogP contribution < -0.4 is 5.32 Å². The monoisotopic (exact) mass is 251 g/mol. The molecule has 0 radical (unpaired) electrons. The smallest absolute Gasteiger partial charge is 0.0492 e. The third kappa shape index (κ3) is 4.13. The highest BCUT2D eigenvalue weighted by Crippen LogP contribution is 2.25. The Morgan fingerprint density at radius 3 is 2.33 bits per heavy atom. The van der Waals surface area contributed by atoms with Crippen LogP contribution in [-0.4, -0.2) is 21.9 Å². The largest absolute Gasteiger partial charge is 0.312 e. The Morgan fingerprint density at radius 1 is 1.22 bits per heavy atom. The molecule has 18 heavy (non-hydrogen) atoms. The second-order valence-electron chi connectivity index (χ2n) is 6.69. The Balaban J connectivity index is 2.68. The minimum atomic E-state index is 0.187. The molecule has 0 bridgehead atoms. The van der Waals surface area contributed by atoms with Gasteiger partial charge in [0, 0.05) is 29.4 Å². The summed E-state index contributed by atoms with van der Waals surface area (Å²) in [4.78, 5) is 0. The minimum Gasteiger partial charge on any atom is -0.312 e. The van der Waals surface area contributed by atoms with Crippen LogP contribution in [0, 0.1) is 5.92 Å². The van der Waals surface area contributed by atoms with E-state index in [1.54, 1.807) is 0 Å². The van der Waals surface area contributed by atoms with Crippen molar-refractivity contribution in [3.63, 3.8) is 0 Å². The first kappa shape index (κ1) is 15.2. The Kier molecular flexibility index (Phi) is 4.97. The van der Waals surface area contributed by atoms with Crippen molar-refractivity contribution in [2.45, 2.75) is 66.0 Å². The van der Waals surface area contributed by atoms with Gasteiger partial charge in [-0.25, -0.2) is 0 Å². The van der Waals surface area contributed by atoms with Gasteiger partial charge in [0.1, 0.15) is 0 Å². The van der Waals surface area contributed by atoms with Crippen LogP contribution in [0.1, 0.15) is 66.1 Å². The van der Waals surface area contributed by atoms with Crippen molar-refractivity contribution in [2.24, 2.45) is 5.92 Å². The SMILES string of the molecule is CC(CNC(C)(C)C)C(C)c1ccnn1C(C)C. The van der Waals surface area contributed by atoms with Gasteiger partial charge in [-0.1, -0.05) is 13.8 Å². The van der Waals surface area contributed by atoms with Gasteiger partial charge >= 0.3 is 0 Å². The summed E-state index contributed by atoms with van der Waals surface area (Å²) in [6.07, 6.45) is 1.91. The lowest BCUT2D eigenvalue weighted by atomic mass is 9.91. The van der Waals surface area contributed by atoms with Crippen LogP contribution in [-0.2, 0) is 0 Å². The molecule has 104 valence electrons. The Hall–Kier alpha value is -0.830. The van der Waals surface area contributed by atoms with Crippen molar-refractivity contribution in [3.8, 4) is 0 Å². The maximum atomic E-state index is 4.42. The van der Waals surface area contributed by atoms with E-state index in [1.807, 2.05) is 6.20 Å². The van der Waals surface area contributed by atoms with Gasteiger partial charge in [0.05, 0.1) is 0 Å². The van der Waals surface area contributed by atoms with Gasteiger partial charge in [-0.15, -0.1) is 0 Å². The van der Waals surface area contributed by atoms with Crippen molar-refractivity contribution in [1.82, 2.24) is 15.1 Å². The molecule has 0 spiro atoms. The van der Waals surface area contributed by atoms with Gasteiger partial charge in [0.15, 0.2) is 0 Å². The van der Waals surface area contributed by atoms with E-state index in [1.165, 1.54) is 5.69 Å². The third-order valence-electron chi connectivity index (χ3n) is 3.46. The predicted molar refractivity (Wildman–Crippen MR) is 77.9 cm³/mol. The van der Waals surface area contributed by atoms with Gasteiger partial charge < -0.3 is 5.32 Å². The second-order valence-corrected chi connectivity index (χ2v) is 6.69. The maximum Gasteiger partial charge on any atom is 0.0492 e. The van der Waals surface area contributed by atoms with Gasteiger partial charge in [0.25, 0.3) is 0 Å². The van der Waals surface area contributed by atoms with Crippen LogP contribution in [0.4, 0.5) is 0 Å². The van der Waals surface area contributed by atoms with E-state index < -0.39 is 0 Å². The van der Waals surface area contributed by atoms with E-state index in [0.717, 1.165) is 6.54 Å². The average Bonchev–Trinajstić information content (AvgIpc) is 2.72. The lowest BCUT2D eigenvalue weighted by Gasteiger charge is -2.27. The molecule has 3 nitrogen and oxygen atoms in total. The van der Waals surface area contributed by atoms with E-state index >= 15 is 0 Å². The van der Waals surface area contributed by atoms with Crippen molar-refractivity contribution < 1.29 is 0 Å². The molecule has 1 aromatic heterocycles. The Bertz CT molecular complexity index is 360. The minimum absolute atomic E-state index is 0.187. The zero-order valence-electron chi connectivity index (χ0n) is 13.0. The molecule has 0 saturated heterocycles. The number of aromatic nitrogens is 2. The maximum absolute atomic E-state index is 4.42. The number of nitrogens with zero attached hydrogens (tertiary/aromatic N) is 2. The molecule has 0 aliphatic heterocycles. The zero-order chi connectivity index (χ0) is 13.9. The molecule has 0 aliphatic carbocycles. The van der Waals surface area contributed by atoms with Gasteiger partial charge in [-0.05, 0) is 53.1 Å². The molecular formula is C15H29N3. The lowest BCUT2D eigenvalue weighted by molar-refractivity contribution is 0.347. The summed E-state index contributed by atoms with van der Waals surface area (Å²) in [5.41, 5.74) is 1.53. The van der Waals surface area contributed by atoms with Gasteiger partial charge in [-0.3, -0.25) is 4.68 Å². The predicted octanol–water partition coefficient (Wildman–Crippen LogP) is 3.59. The molecule has 3 heteroatoms. The Labute approximate surface area is 112 Å². The quantitative estimate of drug-likeness (QED) is 0.866. The molecule has 1 heterocycles.